The van der Waals surface area contributed by atoms with Gasteiger partial charge in [-0.05, 0) is 80.6 Å². The topological polar surface area (TPSA) is 83.6 Å². The summed E-state index contributed by atoms with van der Waals surface area (Å²) in [5.74, 6) is -0.936. The zero-order chi connectivity index (χ0) is 15.2. The predicted octanol–water partition coefficient (Wildman–Crippen LogP) is 3.15. The average Bonchev–Trinajstić information content (AvgIpc) is 3.19. The van der Waals surface area contributed by atoms with E-state index < -0.39 is 5.97 Å². The summed E-state index contributed by atoms with van der Waals surface area (Å²) >= 11 is 5.98. The van der Waals surface area contributed by atoms with Gasteiger partial charge in [0.25, 0.3) is 0 Å². The third-order valence-electron chi connectivity index (χ3n) is 3.13. The molecule has 1 aromatic rings. The number of aromatic carboxylic acids is 1. The summed E-state index contributed by atoms with van der Waals surface area (Å²) in [5, 5.41) is 9.36. The summed E-state index contributed by atoms with van der Waals surface area (Å²) in [5.41, 5.74) is 7.17. The number of amides is 1. The van der Waals surface area contributed by atoms with E-state index in [1.54, 1.807) is 11.9 Å². The molecular formula is C12H11I3N2O3. The van der Waals surface area contributed by atoms with E-state index in [1.807, 2.05) is 45.2 Å². The second-order valence-corrected chi connectivity index (χ2v) is 7.79. The van der Waals surface area contributed by atoms with Gasteiger partial charge in [-0.25, -0.2) is 4.79 Å². The number of carboxylic acid groups (broad SMARTS) is 1. The summed E-state index contributed by atoms with van der Waals surface area (Å²) in [6, 6.07) is 0. The Hall–Kier alpha value is 0.150. The van der Waals surface area contributed by atoms with Crippen molar-refractivity contribution in [2.24, 2.45) is 5.92 Å². The lowest BCUT2D eigenvalue weighted by molar-refractivity contribution is -0.119. The summed E-state index contributed by atoms with van der Waals surface area (Å²) in [7, 11) is 1.68. The van der Waals surface area contributed by atoms with Gasteiger partial charge in [0.2, 0.25) is 5.91 Å². The molecule has 0 atom stereocenters. The molecule has 0 aromatic heterocycles. The Balaban J connectivity index is 2.62. The van der Waals surface area contributed by atoms with E-state index in [0.717, 1.165) is 16.4 Å². The maximum atomic E-state index is 12.2. The molecule has 0 radical (unpaired) electrons. The Kier molecular flexibility index (Phi) is 5.04. The molecule has 0 heterocycles. The van der Waals surface area contributed by atoms with Crippen molar-refractivity contribution in [3.8, 4) is 0 Å². The quantitative estimate of drug-likeness (QED) is 0.407. The molecular weight excluding hydrogens is 601 g/mol. The fourth-order valence-electron chi connectivity index (χ4n) is 1.87. The second kappa shape index (κ2) is 6.10. The van der Waals surface area contributed by atoms with E-state index in [4.69, 9.17) is 5.73 Å². The number of anilines is 2. The lowest BCUT2D eigenvalue weighted by Gasteiger charge is -2.23. The predicted molar refractivity (Wildman–Crippen MR) is 102 cm³/mol. The van der Waals surface area contributed by atoms with Crippen molar-refractivity contribution in [3.05, 3.63) is 16.3 Å². The number of carboxylic acids is 1. The molecule has 8 heteroatoms. The van der Waals surface area contributed by atoms with Crippen molar-refractivity contribution in [2.75, 3.05) is 17.7 Å². The number of benzene rings is 1. The highest BCUT2D eigenvalue weighted by atomic mass is 127. The molecule has 0 aliphatic heterocycles. The van der Waals surface area contributed by atoms with Crippen molar-refractivity contribution in [2.45, 2.75) is 12.8 Å². The van der Waals surface area contributed by atoms with Crippen molar-refractivity contribution in [1.29, 1.82) is 0 Å². The van der Waals surface area contributed by atoms with Crippen LogP contribution in [0.1, 0.15) is 23.2 Å². The molecule has 20 heavy (non-hydrogen) atoms. The van der Waals surface area contributed by atoms with Crippen LogP contribution in [0.5, 0.6) is 0 Å². The highest BCUT2D eigenvalue weighted by Crippen LogP contribution is 2.41. The first-order chi connectivity index (χ1) is 9.27. The Morgan fingerprint density at radius 1 is 1.20 bits per heavy atom. The first-order valence-electron chi connectivity index (χ1n) is 5.74. The Morgan fingerprint density at radius 2 is 1.75 bits per heavy atom. The zero-order valence-corrected chi connectivity index (χ0v) is 16.9. The molecule has 0 bridgehead atoms. The summed E-state index contributed by atoms with van der Waals surface area (Å²) < 4.78 is 1.78. The molecule has 108 valence electrons. The van der Waals surface area contributed by atoms with Gasteiger partial charge in [-0.2, -0.15) is 0 Å². The molecule has 1 aliphatic carbocycles. The highest BCUT2D eigenvalue weighted by molar-refractivity contribution is 14.1. The summed E-state index contributed by atoms with van der Waals surface area (Å²) in [4.78, 5) is 25.2. The molecule has 1 fully saturated rings. The lowest BCUT2D eigenvalue weighted by Crippen LogP contribution is -2.30. The van der Waals surface area contributed by atoms with Crippen molar-refractivity contribution in [1.82, 2.24) is 0 Å². The van der Waals surface area contributed by atoms with E-state index >= 15 is 0 Å². The molecule has 3 N–H and O–H groups in total. The van der Waals surface area contributed by atoms with Crippen molar-refractivity contribution in [3.63, 3.8) is 0 Å². The average molecular weight is 612 g/mol. The van der Waals surface area contributed by atoms with Gasteiger partial charge in [0.05, 0.1) is 27.6 Å². The number of nitrogen functional groups attached to an aromatic ring is 1. The van der Waals surface area contributed by atoms with Crippen LogP contribution in [-0.2, 0) is 4.79 Å². The first kappa shape index (κ1) is 16.5. The van der Waals surface area contributed by atoms with Gasteiger partial charge in [-0.15, -0.1) is 0 Å². The molecule has 0 saturated heterocycles. The van der Waals surface area contributed by atoms with E-state index in [2.05, 4.69) is 22.6 Å². The van der Waals surface area contributed by atoms with Crippen LogP contribution in [-0.4, -0.2) is 24.0 Å². The molecule has 1 aromatic carbocycles. The van der Waals surface area contributed by atoms with Gasteiger partial charge in [0, 0.05) is 13.0 Å². The fraction of sp³-hybridized carbons (Fsp3) is 0.333. The van der Waals surface area contributed by atoms with Crippen LogP contribution >= 0.6 is 67.8 Å². The normalized spacial score (nSPS) is 14.2. The molecule has 1 amide bonds. The van der Waals surface area contributed by atoms with Gasteiger partial charge in [0.1, 0.15) is 0 Å². The first-order valence-corrected chi connectivity index (χ1v) is 8.97. The van der Waals surface area contributed by atoms with Gasteiger partial charge < -0.3 is 15.7 Å². The van der Waals surface area contributed by atoms with Crippen molar-refractivity contribution >= 4 is 91.0 Å². The largest absolute Gasteiger partial charge is 0.478 e. The third kappa shape index (κ3) is 2.87. The Bertz CT molecular complexity index is 615. The van der Waals surface area contributed by atoms with E-state index in [-0.39, 0.29) is 17.4 Å². The van der Waals surface area contributed by atoms with E-state index in [1.165, 1.54) is 0 Å². The van der Waals surface area contributed by atoms with Crippen LogP contribution in [0.25, 0.3) is 0 Å². The molecule has 0 unspecified atom stereocenters. The van der Waals surface area contributed by atoms with E-state index in [9.17, 15) is 14.7 Å². The van der Waals surface area contributed by atoms with E-state index in [0.29, 0.717) is 18.5 Å². The van der Waals surface area contributed by atoms with Gasteiger partial charge in [0.15, 0.2) is 0 Å². The standard InChI is InChI=1S/C12H11I3N2O3/c1-17(11(18)4-2-3-4)10-7(14)5(12(19)20)6(13)9(16)8(10)15/h4H,2-3,16H2,1H3,(H,19,20). The number of nitrogens with zero attached hydrogens (tertiary/aromatic N) is 1. The number of carbonyl (C=O) groups excluding carboxylic acids is 1. The van der Waals surface area contributed by atoms with Crippen molar-refractivity contribution < 1.29 is 14.7 Å². The molecule has 5 nitrogen and oxygen atoms in total. The number of carbonyl (C=O) groups is 2. The minimum Gasteiger partial charge on any atom is -0.478 e. The van der Waals surface area contributed by atoms with Crippen LogP contribution in [0.3, 0.4) is 0 Å². The summed E-state index contributed by atoms with van der Waals surface area (Å²) in [6.07, 6.45) is 1.81. The monoisotopic (exact) mass is 612 g/mol. The van der Waals surface area contributed by atoms with Crippen LogP contribution in [0.15, 0.2) is 0 Å². The van der Waals surface area contributed by atoms with Crippen LogP contribution in [0.2, 0.25) is 0 Å². The second-order valence-electron chi connectivity index (χ2n) is 4.56. The number of nitrogens with two attached hydrogens (primary N) is 1. The number of halogens is 3. The smallest absolute Gasteiger partial charge is 0.338 e. The Morgan fingerprint density at radius 3 is 2.20 bits per heavy atom. The molecule has 1 saturated carbocycles. The lowest BCUT2D eigenvalue weighted by atomic mass is 10.1. The molecule has 2 rings (SSSR count). The zero-order valence-electron chi connectivity index (χ0n) is 10.4. The number of rotatable bonds is 3. The van der Waals surface area contributed by atoms with Crippen LogP contribution in [0.4, 0.5) is 11.4 Å². The number of hydrogen-bond donors (Lipinski definition) is 2. The maximum Gasteiger partial charge on any atom is 0.338 e. The summed E-state index contributed by atoms with van der Waals surface area (Å²) in [6.45, 7) is 0. The van der Waals surface area contributed by atoms with Crippen LogP contribution in [0, 0.1) is 16.6 Å². The highest BCUT2D eigenvalue weighted by Gasteiger charge is 2.35. The Labute approximate surface area is 157 Å². The van der Waals surface area contributed by atoms with Crippen LogP contribution < -0.4 is 10.6 Å². The molecule has 0 spiro atoms. The number of hydrogen-bond acceptors (Lipinski definition) is 3. The van der Waals surface area contributed by atoms with Gasteiger partial charge in [-0.1, -0.05) is 0 Å². The van der Waals surface area contributed by atoms with Gasteiger partial charge >= 0.3 is 5.97 Å². The third-order valence-corrected chi connectivity index (χ3v) is 6.40. The minimum atomic E-state index is -1.03. The SMILES string of the molecule is CN(C(=O)C1CC1)c1c(I)c(N)c(I)c(C(=O)O)c1I. The fourth-order valence-corrected chi connectivity index (χ4v) is 6.22. The van der Waals surface area contributed by atoms with Gasteiger partial charge in [-0.3, -0.25) is 4.79 Å². The maximum absolute atomic E-state index is 12.2. The molecule has 1 aliphatic rings. The minimum absolute atomic E-state index is 0.0257.